The lowest BCUT2D eigenvalue weighted by atomic mass is 10.1. The maximum absolute atomic E-state index is 11.6. The molecular weight excluding hydrogens is 240 g/mol. The third kappa shape index (κ3) is 4.63. The first-order chi connectivity index (χ1) is 7.54. The van der Waals surface area contributed by atoms with Crippen molar-refractivity contribution in [1.82, 2.24) is 0 Å². The minimum absolute atomic E-state index is 0. The quantitative estimate of drug-likeness (QED) is 0.725. The van der Waals surface area contributed by atoms with Crippen LogP contribution in [0.1, 0.15) is 25.3 Å². The number of amides is 1. The van der Waals surface area contributed by atoms with Crippen molar-refractivity contribution in [2.75, 3.05) is 5.32 Å². The fraction of sp³-hybridized carbons (Fsp3) is 0.417. The number of nitrogens with two attached hydrogens (primary N) is 1. The summed E-state index contributed by atoms with van der Waals surface area (Å²) in [5.41, 5.74) is 7.07. The maximum Gasteiger partial charge on any atom is 0.241 e. The number of phenols is 1. The second kappa shape index (κ2) is 7.14. The summed E-state index contributed by atoms with van der Waals surface area (Å²) < 4.78 is 0. The molecule has 0 aromatic heterocycles. The predicted molar refractivity (Wildman–Crippen MR) is 71.6 cm³/mol. The van der Waals surface area contributed by atoms with E-state index in [1.165, 1.54) is 0 Å². The summed E-state index contributed by atoms with van der Waals surface area (Å²) in [6.45, 7) is 3.76. The van der Waals surface area contributed by atoms with Crippen LogP contribution in [0.25, 0.3) is 0 Å². The summed E-state index contributed by atoms with van der Waals surface area (Å²) >= 11 is 0. The van der Waals surface area contributed by atoms with Crippen molar-refractivity contribution in [2.45, 2.75) is 32.7 Å². The number of carbonyl (C=O) groups excluding carboxylic acids is 1. The molecule has 1 amide bonds. The number of hydrogen-bond donors (Lipinski definition) is 3. The van der Waals surface area contributed by atoms with E-state index in [9.17, 15) is 9.90 Å². The van der Waals surface area contributed by atoms with Crippen molar-refractivity contribution >= 4 is 24.0 Å². The van der Waals surface area contributed by atoms with Crippen LogP contribution in [0.3, 0.4) is 0 Å². The Hall–Kier alpha value is -1.26. The average molecular weight is 259 g/mol. The average Bonchev–Trinajstić information content (AvgIpc) is 2.24. The van der Waals surface area contributed by atoms with E-state index in [1.807, 2.05) is 6.92 Å². The van der Waals surface area contributed by atoms with Crippen LogP contribution in [0.5, 0.6) is 5.75 Å². The molecule has 1 rings (SSSR count). The molecule has 0 spiro atoms. The number of nitrogens with one attached hydrogen (secondary N) is 1. The number of anilines is 1. The normalized spacial score (nSPS) is 11.5. The highest BCUT2D eigenvalue weighted by molar-refractivity contribution is 5.94. The highest BCUT2D eigenvalue weighted by Crippen LogP contribution is 2.20. The number of carbonyl (C=O) groups is 1. The minimum atomic E-state index is -0.473. The molecule has 0 aliphatic rings. The summed E-state index contributed by atoms with van der Waals surface area (Å²) in [6.07, 6.45) is 1.55. The monoisotopic (exact) mass is 258 g/mol. The van der Waals surface area contributed by atoms with Gasteiger partial charge in [0.15, 0.2) is 0 Å². The fourth-order valence-electron chi connectivity index (χ4n) is 1.41. The topological polar surface area (TPSA) is 75.4 Å². The van der Waals surface area contributed by atoms with Crippen LogP contribution in [0.2, 0.25) is 0 Å². The Balaban J connectivity index is 0.00000256. The van der Waals surface area contributed by atoms with Crippen molar-refractivity contribution in [3.05, 3.63) is 23.8 Å². The lowest BCUT2D eigenvalue weighted by Crippen LogP contribution is -2.35. The molecule has 4 N–H and O–H groups in total. The first-order valence-electron chi connectivity index (χ1n) is 5.40. The Morgan fingerprint density at radius 3 is 2.71 bits per heavy atom. The first-order valence-corrected chi connectivity index (χ1v) is 5.40. The molecule has 17 heavy (non-hydrogen) atoms. The molecule has 0 saturated heterocycles. The van der Waals surface area contributed by atoms with Crippen LogP contribution in [0.4, 0.5) is 5.69 Å². The van der Waals surface area contributed by atoms with Crippen molar-refractivity contribution in [3.8, 4) is 5.75 Å². The van der Waals surface area contributed by atoms with Gasteiger partial charge in [-0.3, -0.25) is 4.79 Å². The third-order valence-corrected chi connectivity index (χ3v) is 2.40. The zero-order valence-corrected chi connectivity index (χ0v) is 10.9. The molecule has 4 nitrogen and oxygen atoms in total. The van der Waals surface area contributed by atoms with Crippen LogP contribution >= 0.6 is 12.4 Å². The van der Waals surface area contributed by atoms with Gasteiger partial charge in [-0.1, -0.05) is 13.3 Å². The Morgan fingerprint density at radius 2 is 2.18 bits per heavy atom. The van der Waals surface area contributed by atoms with E-state index in [0.717, 1.165) is 12.0 Å². The predicted octanol–water partition coefficient (Wildman–Crippen LogP) is 2.19. The summed E-state index contributed by atoms with van der Waals surface area (Å²) in [5.74, 6) is 0.0304. The van der Waals surface area contributed by atoms with Gasteiger partial charge in [0.2, 0.25) is 5.91 Å². The first kappa shape index (κ1) is 15.7. The fourth-order valence-corrected chi connectivity index (χ4v) is 1.41. The molecule has 1 unspecified atom stereocenters. The van der Waals surface area contributed by atoms with Gasteiger partial charge in [0.25, 0.3) is 0 Å². The van der Waals surface area contributed by atoms with E-state index in [1.54, 1.807) is 25.1 Å². The second-order valence-electron chi connectivity index (χ2n) is 3.89. The molecule has 0 saturated carbocycles. The van der Waals surface area contributed by atoms with Gasteiger partial charge in [-0.15, -0.1) is 12.4 Å². The summed E-state index contributed by atoms with van der Waals surface area (Å²) in [7, 11) is 0. The lowest BCUT2D eigenvalue weighted by Gasteiger charge is -2.11. The molecule has 0 heterocycles. The Labute approximate surface area is 108 Å². The smallest absolute Gasteiger partial charge is 0.241 e. The van der Waals surface area contributed by atoms with Crippen molar-refractivity contribution in [1.29, 1.82) is 0 Å². The largest absolute Gasteiger partial charge is 0.508 e. The SMILES string of the molecule is CCCC(N)C(=O)Nc1ccc(O)c(C)c1.Cl. The zero-order chi connectivity index (χ0) is 12.1. The van der Waals surface area contributed by atoms with Crippen LogP contribution in [-0.4, -0.2) is 17.1 Å². The molecule has 0 radical (unpaired) electrons. The molecule has 0 bridgehead atoms. The molecule has 1 atom stereocenters. The highest BCUT2D eigenvalue weighted by atomic mass is 35.5. The Kier molecular flexibility index (Phi) is 6.61. The van der Waals surface area contributed by atoms with E-state index in [0.29, 0.717) is 12.1 Å². The number of rotatable bonds is 4. The molecule has 1 aromatic carbocycles. The van der Waals surface area contributed by atoms with Gasteiger partial charge in [-0.05, 0) is 37.1 Å². The van der Waals surface area contributed by atoms with E-state index >= 15 is 0 Å². The maximum atomic E-state index is 11.6. The van der Waals surface area contributed by atoms with Gasteiger partial charge in [-0.2, -0.15) is 0 Å². The van der Waals surface area contributed by atoms with E-state index in [4.69, 9.17) is 5.73 Å². The molecule has 96 valence electrons. The highest BCUT2D eigenvalue weighted by Gasteiger charge is 2.12. The summed E-state index contributed by atoms with van der Waals surface area (Å²) in [4.78, 5) is 11.6. The molecule has 1 aromatic rings. The van der Waals surface area contributed by atoms with Gasteiger partial charge in [-0.25, -0.2) is 0 Å². The van der Waals surface area contributed by atoms with Crippen LogP contribution in [-0.2, 0) is 4.79 Å². The van der Waals surface area contributed by atoms with Crippen LogP contribution in [0, 0.1) is 6.92 Å². The van der Waals surface area contributed by atoms with Gasteiger partial charge < -0.3 is 16.2 Å². The van der Waals surface area contributed by atoms with Crippen molar-refractivity contribution < 1.29 is 9.90 Å². The number of phenolic OH excluding ortho intramolecular Hbond substituents is 1. The van der Waals surface area contributed by atoms with Gasteiger partial charge >= 0.3 is 0 Å². The number of hydrogen-bond acceptors (Lipinski definition) is 3. The second-order valence-corrected chi connectivity index (χ2v) is 3.89. The van der Waals surface area contributed by atoms with Gasteiger partial charge in [0.05, 0.1) is 6.04 Å². The summed E-state index contributed by atoms with van der Waals surface area (Å²) in [6, 6.07) is 4.44. The number of benzene rings is 1. The lowest BCUT2D eigenvalue weighted by molar-refractivity contribution is -0.117. The molecule has 5 heteroatoms. The van der Waals surface area contributed by atoms with Crippen molar-refractivity contribution in [2.24, 2.45) is 5.73 Å². The van der Waals surface area contributed by atoms with Crippen molar-refractivity contribution in [3.63, 3.8) is 0 Å². The molecule has 0 aliphatic heterocycles. The van der Waals surface area contributed by atoms with Crippen LogP contribution < -0.4 is 11.1 Å². The standard InChI is InChI=1S/C12H18N2O2.ClH/c1-3-4-10(13)12(16)14-9-5-6-11(15)8(2)7-9;/h5-7,10,15H,3-4,13H2,1-2H3,(H,14,16);1H. The van der Waals surface area contributed by atoms with Gasteiger partial charge in [0.1, 0.15) is 5.75 Å². The Morgan fingerprint density at radius 1 is 1.53 bits per heavy atom. The molecule has 0 fully saturated rings. The van der Waals surface area contributed by atoms with E-state index < -0.39 is 6.04 Å². The van der Waals surface area contributed by atoms with Gasteiger partial charge in [0, 0.05) is 5.69 Å². The molecule has 0 aliphatic carbocycles. The summed E-state index contributed by atoms with van der Waals surface area (Å²) in [5, 5.41) is 12.1. The zero-order valence-electron chi connectivity index (χ0n) is 10.1. The molecular formula is C12H19ClN2O2. The number of halogens is 1. The number of aryl methyl sites for hydroxylation is 1. The minimum Gasteiger partial charge on any atom is -0.508 e. The van der Waals surface area contributed by atoms with E-state index in [2.05, 4.69) is 5.32 Å². The van der Waals surface area contributed by atoms with Crippen LogP contribution in [0.15, 0.2) is 18.2 Å². The Bertz CT molecular complexity index is 383. The number of aromatic hydroxyl groups is 1. The van der Waals surface area contributed by atoms with E-state index in [-0.39, 0.29) is 24.1 Å². The third-order valence-electron chi connectivity index (χ3n) is 2.40.